The third-order valence-corrected chi connectivity index (χ3v) is 3.87. The van der Waals surface area contributed by atoms with Gasteiger partial charge >= 0.3 is 0 Å². The smallest absolute Gasteiger partial charge is 0.257 e. The van der Waals surface area contributed by atoms with Crippen LogP contribution in [0.25, 0.3) is 11.0 Å². The van der Waals surface area contributed by atoms with Crippen LogP contribution in [0.2, 0.25) is 0 Å². The molecule has 0 unspecified atom stereocenters. The first-order chi connectivity index (χ1) is 10.9. The first kappa shape index (κ1) is 15.4. The average Bonchev–Trinajstić information content (AvgIpc) is 2.86. The second-order valence-electron chi connectivity index (χ2n) is 5.69. The van der Waals surface area contributed by atoms with Crippen LogP contribution in [-0.4, -0.2) is 15.9 Å². The molecule has 0 radical (unpaired) electrons. The zero-order valence-corrected chi connectivity index (χ0v) is 13.6. The molecule has 3 N–H and O–H groups in total. The summed E-state index contributed by atoms with van der Waals surface area (Å²) in [5.41, 5.74) is 3.01. The maximum atomic E-state index is 13.7. The zero-order chi connectivity index (χ0) is 16.6. The van der Waals surface area contributed by atoms with Crippen LogP contribution in [0, 0.1) is 10.6 Å². The number of nitrogens with one attached hydrogen (secondary N) is 3. The van der Waals surface area contributed by atoms with Gasteiger partial charge in [0.15, 0.2) is 4.77 Å². The molecule has 0 aliphatic rings. The molecule has 1 heterocycles. The number of benzene rings is 2. The highest BCUT2D eigenvalue weighted by Gasteiger charge is 2.14. The van der Waals surface area contributed by atoms with Gasteiger partial charge in [-0.3, -0.25) is 4.79 Å². The Bertz CT molecular complexity index is 925. The van der Waals surface area contributed by atoms with E-state index in [4.69, 9.17) is 12.2 Å². The molecule has 1 aromatic heterocycles. The predicted molar refractivity (Wildman–Crippen MR) is 91.9 cm³/mol. The van der Waals surface area contributed by atoms with E-state index in [1.54, 1.807) is 0 Å². The van der Waals surface area contributed by atoms with Crippen LogP contribution in [-0.2, 0) is 0 Å². The Balaban J connectivity index is 1.93. The average molecular weight is 329 g/mol. The molecule has 0 saturated heterocycles. The Labute approximate surface area is 137 Å². The first-order valence-electron chi connectivity index (χ1n) is 7.27. The molecule has 0 spiro atoms. The van der Waals surface area contributed by atoms with Crippen molar-refractivity contribution in [2.45, 2.75) is 19.8 Å². The Hall–Kier alpha value is -2.47. The number of imidazole rings is 1. The minimum atomic E-state index is -0.497. The van der Waals surface area contributed by atoms with Crippen LogP contribution in [0.15, 0.2) is 36.4 Å². The molecule has 4 nitrogen and oxygen atoms in total. The summed E-state index contributed by atoms with van der Waals surface area (Å²) in [7, 11) is 0. The fraction of sp³-hybridized carbons (Fsp3) is 0.176. The monoisotopic (exact) mass is 329 g/mol. The zero-order valence-electron chi connectivity index (χ0n) is 12.7. The third kappa shape index (κ3) is 3.17. The molecule has 23 heavy (non-hydrogen) atoms. The van der Waals surface area contributed by atoms with Crippen molar-refractivity contribution in [3.8, 4) is 0 Å². The molecule has 0 aliphatic heterocycles. The van der Waals surface area contributed by atoms with Gasteiger partial charge in [0.05, 0.1) is 16.6 Å². The molecule has 0 bridgehead atoms. The number of carbonyl (C=O) groups is 1. The number of fused-ring (bicyclic) bond motifs is 1. The standard InChI is InChI=1S/C17H16FN3OS/c1-9(2)10-3-5-12(6-4-10)19-16(22)13-7-11(18)8-14-15(13)21-17(23)20-14/h3-9H,1-2H3,(H,19,22)(H2,20,21,23). The van der Waals surface area contributed by atoms with E-state index < -0.39 is 11.7 Å². The van der Waals surface area contributed by atoms with Crippen molar-refractivity contribution in [1.29, 1.82) is 0 Å². The topological polar surface area (TPSA) is 60.7 Å². The van der Waals surface area contributed by atoms with Crippen LogP contribution in [0.3, 0.4) is 0 Å². The van der Waals surface area contributed by atoms with Gasteiger partial charge in [0, 0.05) is 5.69 Å². The number of halogens is 1. The number of amides is 1. The molecule has 0 atom stereocenters. The molecular formula is C17H16FN3OS. The largest absolute Gasteiger partial charge is 0.331 e. The van der Waals surface area contributed by atoms with Gasteiger partial charge in [0.2, 0.25) is 0 Å². The summed E-state index contributed by atoms with van der Waals surface area (Å²) in [5, 5.41) is 2.78. The van der Waals surface area contributed by atoms with Crippen molar-refractivity contribution in [3.05, 3.63) is 58.1 Å². The highest BCUT2D eigenvalue weighted by molar-refractivity contribution is 7.71. The van der Waals surface area contributed by atoms with Gasteiger partial charge in [-0.1, -0.05) is 26.0 Å². The van der Waals surface area contributed by atoms with E-state index in [1.165, 1.54) is 17.7 Å². The minimum absolute atomic E-state index is 0.209. The van der Waals surface area contributed by atoms with Crippen molar-refractivity contribution >= 4 is 34.8 Å². The quantitative estimate of drug-likeness (QED) is 0.608. The fourth-order valence-electron chi connectivity index (χ4n) is 2.44. The van der Waals surface area contributed by atoms with Crippen LogP contribution >= 0.6 is 12.2 Å². The van der Waals surface area contributed by atoms with E-state index in [9.17, 15) is 9.18 Å². The summed E-state index contributed by atoms with van der Waals surface area (Å²) < 4.78 is 14.0. The van der Waals surface area contributed by atoms with Crippen molar-refractivity contribution < 1.29 is 9.18 Å². The summed E-state index contributed by atoms with van der Waals surface area (Å²) in [5.74, 6) is -0.470. The Kier molecular flexibility index (Phi) is 4.00. The van der Waals surface area contributed by atoms with E-state index in [-0.39, 0.29) is 5.56 Å². The van der Waals surface area contributed by atoms with Crippen molar-refractivity contribution in [2.24, 2.45) is 0 Å². The van der Waals surface area contributed by atoms with Gasteiger partial charge in [-0.05, 0) is 48.0 Å². The maximum absolute atomic E-state index is 13.7. The molecule has 6 heteroatoms. The summed E-state index contributed by atoms with van der Waals surface area (Å²) >= 11 is 5.01. The minimum Gasteiger partial charge on any atom is -0.331 e. The number of carbonyl (C=O) groups excluding carboxylic acids is 1. The highest BCUT2D eigenvalue weighted by atomic mass is 32.1. The number of hydrogen-bond donors (Lipinski definition) is 3. The second kappa shape index (κ2) is 5.96. The van der Waals surface area contributed by atoms with Crippen molar-refractivity contribution in [2.75, 3.05) is 5.32 Å². The number of anilines is 1. The van der Waals surface area contributed by atoms with E-state index in [0.717, 1.165) is 0 Å². The van der Waals surface area contributed by atoms with E-state index in [1.807, 2.05) is 24.3 Å². The summed E-state index contributed by atoms with van der Waals surface area (Å²) in [4.78, 5) is 18.2. The van der Waals surface area contributed by atoms with Crippen molar-refractivity contribution in [3.63, 3.8) is 0 Å². The van der Waals surface area contributed by atoms with E-state index in [0.29, 0.717) is 27.4 Å². The van der Waals surface area contributed by atoms with E-state index >= 15 is 0 Å². The molecule has 1 amide bonds. The lowest BCUT2D eigenvalue weighted by atomic mass is 10.0. The van der Waals surface area contributed by atoms with Gasteiger partial charge in [0.1, 0.15) is 5.82 Å². The summed E-state index contributed by atoms with van der Waals surface area (Å²) in [6.45, 7) is 4.20. The molecular weight excluding hydrogens is 313 g/mol. The van der Waals surface area contributed by atoms with Crippen molar-refractivity contribution in [1.82, 2.24) is 9.97 Å². The number of aromatic nitrogens is 2. The SMILES string of the molecule is CC(C)c1ccc(NC(=O)c2cc(F)cc3[nH]c(=S)[nH]c23)cc1. The first-order valence-corrected chi connectivity index (χ1v) is 7.67. The second-order valence-corrected chi connectivity index (χ2v) is 6.09. The normalized spacial score (nSPS) is 11.1. The van der Waals surface area contributed by atoms with Crippen LogP contribution < -0.4 is 5.32 Å². The lowest BCUT2D eigenvalue weighted by molar-refractivity contribution is 0.102. The molecule has 0 saturated carbocycles. The Morgan fingerprint density at radius 1 is 1.17 bits per heavy atom. The highest BCUT2D eigenvalue weighted by Crippen LogP contribution is 2.21. The number of rotatable bonds is 3. The number of hydrogen-bond acceptors (Lipinski definition) is 2. The van der Waals surface area contributed by atoms with Crippen LogP contribution in [0.4, 0.5) is 10.1 Å². The molecule has 118 valence electrons. The Morgan fingerprint density at radius 2 is 1.87 bits per heavy atom. The maximum Gasteiger partial charge on any atom is 0.257 e. The van der Waals surface area contributed by atoms with Gasteiger partial charge in [-0.2, -0.15) is 0 Å². The lowest BCUT2D eigenvalue weighted by Crippen LogP contribution is -2.13. The molecule has 3 aromatic rings. The number of aromatic amines is 2. The predicted octanol–water partition coefficient (Wildman–Crippen LogP) is 4.74. The van der Waals surface area contributed by atoms with Gasteiger partial charge in [-0.25, -0.2) is 4.39 Å². The summed E-state index contributed by atoms with van der Waals surface area (Å²) in [6.07, 6.45) is 0. The molecule has 0 aliphatic carbocycles. The third-order valence-electron chi connectivity index (χ3n) is 3.67. The van der Waals surface area contributed by atoms with Crippen LogP contribution in [0.1, 0.15) is 35.7 Å². The number of H-pyrrole nitrogens is 2. The van der Waals surface area contributed by atoms with E-state index in [2.05, 4.69) is 29.1 Å². The lowest BCUT2D eigenvalue weighted by Gasteiger charge is -2.09. The van der Waals surface area contributed by atoms with Gasteiger partial charge in [-0.15, -0.1) is 0 Å². The van der Waals surface area contributed by atoms with Gasteiger partial charge < -0.3 is 15.3 Å². The van der Waals surface area contributed by atoms with Gasteiger partial charge in [0.25, 0.3) is 5.91 Å². The van der Waals surface area contributed by atoms with Crippen LogP contribution in [0.5, 0.6) is 0 Å². The molecule has 3 rings (SSSR count). The molecule has 2 aromatic carbocycles. The summed E-state index contributed by atoms with van der Waals surface area (Å²) in [6, 6.07) is 10.1. The molecule has 0 fully saturated rings. The Morgan fingerprint density at radius 3 is 2.52 bits per heavy atom. The fourth-order valence-corrected chi connectivity index (χ4v) is 2.65.